The lowest BCUT2D eigenvalue weighted by molar-refractivity contribution is -0.137. The second-order valence-corrected chi connectivity index (χ2v) is 8.13. The number of ether oxygens (including phenoxy) is 1. The number of benzene rings is 2. The summed E-state index contributed by atoms with van der Waals surface area (Å²) in [5, 5.41) is 8.88. The molecule has 8 nitrogen and oxygen atoms in total. The maximum atomic E-state index is 13.5. The Hall–Kier alpha value is -3.86. The van der Waals surface area contributed by atoms with Crippen LogP contribution in [0.15, 0.2) is 47.0 Å². The number of nitrogens with one attached hydrogen (secondary N) is 2. The molecule has 0 aliphatic carbocycles. The SMILES string of the molecule is Cc1cc(C(=O)Nc2cc(C(=O)Nc3cc(N4CCOCC4)cc(C(F)(F)F)c3)ccc2C)no1. The lowest BCUT2D eigenvalue weighted by atomic mass is 10.1. The summed E-state index contributed by atoms with van der Waals surface area (Å²) < 4.78 is 50.8. The third-order valence-electron chi connectivity index (χ3n) is 5.49. The first-order chi connectivity index (χ1) is 16.6. The number of morpholine rings is 1. The lowest BCUT2D eigenvalue weighted by Crippen LogP contribution is -2.36. The number of carbonyl (C=O) groups is 2. The maximum absolute atomic E-state index is 13.5. The van der Waals surface area contributed by atoms with Gasteiger partial charge in [-0.05, 0) is 49.7 Å². The molecule has 1 aromatic heterocycles. The lowest BCUT2D eigenvalue weighted by Gasteiger charge is -2.29. The number of amides is 2. The molecule has 1 aliphatic rings. The van der Waals surface area contributed by atoms with Gasteiger partial charge >= 0.3 is 6.18 Å². The van der Waals surface area contributed by atoms with Gasteiger partial charge in [-0.1, -0.05) is 11.2 Å². The van der Waals surface area contributed by atoms with Crippen LogP contribution in [0.1, 0.15) is 37.7 Å². The van der Waals surface area contributed by atoms with E-state index < -0.39 is 23.6 Å². The molecule has 11 heteroatoms. The molecule has 2 aromatic carbocycles. The zero-order valence-electron chi connectivity index (χ0n) is 19.0. The fourth-order valence-corrected chi connectivity index (χ4v) is 3.61. The molecule has 2 heterocycles. The number of nitrogens with zero attached hydrogens (tertiary/aromatic N) is 2. The average Bonchev–Trinajstić information content (AvgIpc) is 3.26. The van der Waals surface area contributed by atoms with Crippen molar-refractivity contribution in [3.63, 3.8) is 0 Å². The smallest absolute Gasteiger partial charge is 0.378 e. The molecule has 0 unspecified atom stereocenters. The second kappa shape index (κ2) is 9.79. The highest BCUT2D eigenvalue weighted by Crippen LogP contribution is 2.35. The number of hydrogen-bond acceptors (Lipinski definition) is 6. The van der Waals surface area contributed by atoms with E-state index in [2.05, 4.69) is 15.8 Å². The molecule has 0 bridgehead atoms. The van der Waals surface area contributed by atoms with Gasteiger partial charge in [0.05, 0.1) is 18.8 Å². The average molecular weight is 488 g/mol. The number of hydrogen-bond donors (Lipinski definition) is 2. The van der Waals surface area contributed by atoms with Gasteiger partial charge in [0.2, 0.25) is 0 Å². The summed E-state index contributed by atoms with van der Waals surface area (Å²) >= 11 is 0. The highest BCUT2D eigenvalue weighted by molar-refractivity contribution is 6.07. The van der Waals surface area contributed by atoms with E-state index in [1.807, 2.05) is 0 Å². The Labute approximate surface area is 199 Å². The molecule has 4 rings (SSSR count). The molecule has 35 heavy (non-hydrogen) atoms. The third kappa shape index (κ3) is 5.80. The zero-order chi connectivity index (χ0) is 25.2. The normalized spacial score (nSPS) is 14.0. The molecular weight excluding hydrogens is 465 g/mol. The van der Waals surface area contributed by atoms with Gasteiger partial charge in [0, 0.05) is 41.8 Å². The van der Waals surface area contributed by atoms with Crippen molar-refractivity contribution in [3.05, 3.63) is 70.6 Å². The number of anilines is 3. The predicted molar refractivity (Wildman–Crippen MR) is 123 cm³/mol. The summed E-state index contributed by atoms with van der Waals surface area (Å²) in [5.41, 5.74) is 0.777. The number of aromatic nitrogens is 1. The van der Waals surface area contributed by atoms with Gasteiger partial charge in [-0.2, -0.15) is 13.2 Å². The topological polar surface area (TPSA) is 96.7 Å². The summed E-state index contributed by atoms with van der Waals surface area (Å²) in [7, 11) is 0. The van der Waals surface area contributed by atoms with Crippen LogP contribution in [0.3, 0.4) is 0 Å². The van der Waals surface area contributed by atoms with Crippen LogP contribution in [0, 0.1) is 13.8 Å². The molecule has 2 amide bonds. The molecule has 1 saturated heterocycles. The van der Waals surface area contributed by atoms with Crippen molar-refractivity contribution in [1.82, 2.24) is 5.16 Å². The van der Waals surface area contributed by atoms with E-state index in [0.29, 0.717) is 49.0 Å². The highest BCUT2D eigenvalue weighted by Gasteiger charge is 2.32. The molecule has 0 atom stereocenters. The molecule has 1 aliphatic heterocycles. The number of rotatable bonds is 5. The Balaban J connectivity index is 1.57. The molecule has 0 saturated carbocycles. The first-order valence-corrected chi connectivity index (χ1v) is 10.8. The Morgan fingerprint density at radius 2 is 1.71 bits per heavy atom. The molecule has 2 N–H and O–H groups in total. The molecule has 0 radical (unpaired) electrons. The number of aryl methyl sites for hydroxylation is 2. The van der Waals surface area contributed by atoms with Crippen LogP contribution in [-0.4, -0.2) is 43.3 Å². The van der Waals surface area contributed by atoms with Crippen molar-refractivity contribution >= 4 is 28.9 Å². The maximum Gasteiger partial charge on any atom is 0.416 e. The quantitative estimate of drug-likeness (QED) is 0.543. The van der Waals surface area contributed by atoms with Crippen LogP contribution >= 0.6 is 0 Å². The zero-order valence-corrected chi connectivity index (χ0v) is 19.0. The standard InChI is InChI=1S/C24H23F3N4O4/c1-14-3-4-16(10-20(14)29-23(33)21-9-15(2)35-30-21)22(32)28-18-11-17(24(25,26)27)12-19(13-18)31-5-7-34-8-6-31/h3-4,9-13H,5-8H2,1-2H3,(H,28,32)(H,29,33). The van der Waals surface area contributed by atoms with Crippen molar-refractivity contribution in [3.8, 4) is 0 Å². The fraction of sp³-hybridized carbons (Fsp3) is 0.292. The Morgan fingerprint density at radius 1 is 0.971 bits per heavy atom. The third-order valence-corrected chi connectivity index (χ3v) is 5.49. The largest absolute Gasteiger partial charge is 0.416 e. The van der Waals surface area contributed by atoms with Gasteiger partial charge < -0.3 is 24.8 Å². The molecule has 1 fully saturated rings. The van der Waals surface area contributed by atoms with Crippen molar-refractivity contribution in [2.75, 3.05) is 41.8 Å². The van der Waals surface area contributed by atoms with E-state index in [1.54, 1.807) is 24.8 Å². The van der Waals surface area contributed by atoms with Gasteiger partial charge in [0.25, 0.3) is 11.8 Å². The van der Waals surface area contributed by atoms with Crippen molar-refractivity contribution in [2.24, 2.45) is 0 Å². The van der Waals surface area contributed by atoms with Crippen LogP contribution in [0.2, 0.25) is 0 Å². The van der Waals surface area contributed by atoms with Crippen molar-refractivity contribution in [1.29, 1.82) is 0 Å². The van der Waals surface area contributed by atoms with Crippen molar-refractivity contribution < 1.29 is 32.0 Å². The molecule has 3 aromatic rings. The minimum atomic E-state index is -4.58. The predicted octanol–water partition coefficient (Wildman–Crippen LogP) is 4.65. The number of carbonyl (C=O) groups excluding carboxylic acids is 2. The summed E-state index contributed by atoms with van der Waals surface area (Å²) in [4.78, 5) is 27.1. The summed E-state index contributed by atoms with van der Waals surface area (Å²) in [6, 6.07) is 9.54. The minimum absolute atomic E-state index is 0.00977. The molecular formula is C24H23F3N4O4. The summed E-state index contributed by atoms with van der Waals surface area (Å²) in [5.74, 6) is -0.668. The van der Waals surface area contributed by atoms with Crippen LogP contribution < -0.4 is 15.5 Å². The first-order valence-electron chi connectivity index (χ1n) is 10.8. The van der Waals surface area contributed by atoms with E-state index in [1.165, 1.54) is 24.3 Å². The summed E-state index contributed by atoms with van der Waals surface area (Å²) in [6.45, 7) is 5.10. The fourth-order valence-electron chi connectivity index (χ4n) is 3.61. The van der Waals surface area contributed by atoms with Crippen LogP contribution in [-0.2, 0) is 10.9 Å². The highest BCUT2D eigenvalue weighted by atomic mass is 19.4. The van der Waals surface area contributed by atoms with E-state index >= 15 is 0 Å². The molecule has 0 spiro atoms. The molecule has 184 valence electrons. The van der Waals surface area contributed by atoms with E-state index in [-0.39, 0.29) is 16.9 Å². The van der Waals surface area contributed by atoms with Crippen LogP contribution in [0.4, 0.5) is 30.2 Å². The minimum Gasteiger partial charge on any atom is -0.378 e. The van der Waals surface area contributed by atoms with Crippen LogP contribution in [0.25, 0.3) is 0 Å². The van der Waals surface area contributed by atoms with Gasteiger partial charge in [-0.25, -0.2) is 0 Å². The van der Waals surface area contributed by atoms with Gasteiger partial charge in [0.15, 0.2) is 5.69 Å². The van der Waals surface area contributed by atoms with Gasteiger partial charge in [0.1, 0.15) is 5.76 Å². The van der Waals surface area contributed by atoms with Gasteiger partial charge in [-0.3, -0.25) is 9.59 Å². The van der Waals surface area contributed by atoms with Gasteiger partial charge in [-0.15, -0.1) is 0 Å². The van der Waals surface area contributed by atoms with E-state index in [9.17, 15) is 22.8 Å². The number of halogens is 3. The van der Waals surface area contributed by atoms with Crippen LogP contribution in [0.5, 0.6) is 0 Å². The second-order valence-electron chi connectivity index (χ2n) is 8.13. The first kappa shape index (κ1) is 24.3. The van der Waals surface area contributed by atoms with E-state index in [0.717, 1.165) is 12.1 Å². The Bertz CT molecular complexity index is 1250. The summed E-state index contributed by atoms with van der Waals surface area (Å²) in [6.07, 6.45) is -4.58. The van der Waals surface area contributed by atoms with Crippen molar-refractivity contribution in [2.45, 2.75) is 20.0 Å². The Kier molecular flexibility index (Phi) is 6.79. The number of alkyl halides is 3. The Morgan fingerprint density at radius 3 is 2.37 bits per heavy atom. The van der Waals surface area contributed by atoms with E-state index in [4.69, 9.17) is 9.26 Å². The monoisotopic (exact) mass is 488 g/mol.